The fraction of sp³-hybridized carbons (Fsp3) is 0.231. The van der Waals surface area contributed by atoms with Gasteiger partial charge in [-0.25, -0.2) is 8.42 Å². The molecule has 3 aromatic rings. The monoisotopic (exact) mass is 462 g/mol. The number of hydrogen-bond donors (Lipinski definition) is 2. The molecule has 0 aromatic heterocycles. The van der Waals surface area contributed by atoms with Crippen LogP contribution in [0.25, 0.3) is 0 Å². The summed E-state index contributed by atoms with van der Waals surface area (Å²) in [6.45, 7) is 1.57. The average molecular weight is 463 g/mol. The summed E-state index contributed by atoms with van der Waals surface area (Å²) < 4.78 is 25.8. The van der Waals surface area contributed by atoms with Crippen LogP contribution < -0.4 is 11.1 Å². The molecule has 0 aliphatic carbocycles. The highest BCUT2D eigenvalue weighted by Crippen LogP contribution is 2.23. The summed E-state index contributed by atoms with van der Waals surface area (Å²) in [5.41, 5.74) is 10.0. The predicted molar refractivity (Wildman–Crippen MR) is 126 cm³/mol. The van der Waals surface area contributed by atoms with Crippen molar-refractivity contribution in [1.29, 1.82) is 0 Å². The number of nitrogens with two attached hydrogens (primary N) is 1. The van der Waals surface area contributed by atoms with Crippen LogP contribution >= 0.6 is 0 Å². The van der Waals surface area contributed by atoms with Crippen LogP contribution in [0.3, 0.4) is 0 Å². The lowest BCUT2D eigenvalue weighted by atomic mass is 9.91. The largest absolute Gasteiger partial charge is 0.369 e. The van der Waals surface area contributed by atoms with Gasteiger partial charge in [0.15, 0.2) is 9.84 Å². The number of ketones is 1. The zero-order chi connectivity index (χ0) is 23.4. The van der Waals surface area contributed by atoms with Crippen molar-refractivity contribution >= 4 is 21.5 Å². The number of Topliss-reactive ketones (excluding diaryl/α,β-unsaturated/α-hetero) is 1. The third kappa shape index (κ3) is 5.56. The number of primary amides is 1. The molecule has 0 spiro atoms. The average Bonchev–Trinajstić information content (AvgIpc) is 3.26. The lowest BCUT2D eigenvalue weighted by molar-refractivity contribution is -0.124. The normalized spacial score (nSPS) is 13.9. The molecule has 0 bridgehead atoms. The maximum atomic E-state index is 12.9. The molecule has 3 N–H and O–H groups in total. The Morgan fingerprint density at radius 2 is 1.55 bits per heavy atom. The summed E-state index contributed by atoms with van der Waals surface area (Å²) in [6, 6.07) is 21.1. The number of nitrogens with one attached hydrogen (secondary N) is 1. The van der Waals surface area contributed by atoms with Crippen LogP contribution in [-0.2, 0) is 44.7 Å². The van der Waals surface area contributed by atoms with E-state index >= 15 is 0 Å². The molecule has 0 saturated heterocycles. The van der Waals surface area contributed by atoms with E-state index in [1.165, 1.54) is 17.7 Å². The molecular formula is C26H26N2O4S. The van der Waals surface area contributed by atoms with Crippen LogP contribution in [-0.4, -0.2) is 20.1 Å². The van der Waals surface area contributed by atoms with E-state index in [2.05, 4.69) is 5.32 Å². The number of amides is 1. The van der Waals surface area contributed by atoms with E-state index in [9.17, 15) is 18.0 Å². The van der Waals surface area contributed by atoms with Gasteiger partial charge in [-0.1, -0.05) is 60.7 Å². The van der Waals surface area contributed by atoms with Gasteiger partial charge in [0, 0.05) is 25.9 Å². The number of rotatable bonds is 9. The Hall–Kier alpha value is -3.29. The second-order valence-corrected chi connectivity index (χ2v) is 10.4. The third-order valence-corrected chi connectivity index (χ3v) is 7.62. The number of benzene rings is 3. The van der Waals surface area contributed by atoms with Gasteiger partial charge >= 0.3 is 0 Å². The predicted octanol–water partition coefficient (Wildman–Crippen LogP) is 3.03. The summed E-state index contributed by atoms with van der Waals surface area (Å²) in [4.78, 5) is 24.7. The summed E-state index contributed by atoms with van der Waals surface area (Å²) in [6.07, 6.45) is 0.112. The van der Waals surface area contributed by atoms with Gasteiger partial charge in [-0.2, -0.15) is 0 Å². The van der Waals surface area contributed by atoms with E-state index in [4.69, 9.17) is 5.73 Å². The molecule has 170 valence electrons. The molecule has 33 heavy (non-hydrogen) atoms. The van der Waals surface area contributed by atoms with Gasteiger partial charge in [0.2, 0.25) is 5.91 Å². The van der Waals surface area contributed by atoms with Crippen LogP contribution in [0.4, 0.5) is 0 Å². The molecular weight excluding hydrogens is 436 g/mol. The van der Waals surface area contributed by atoms with Gasteiger partial charge in [0.05, 0.1) is 16.6 Å². The molecule has 7 heteroatoms. The minimum atomic E-state index is -3.51. The summed E-state index contributed by atoms with van der Waals surface area (Å²) in [5, 5.41) is 3.26. The number of sulfone groups is 1. The Balaban J connectivity index is 1.41. The third-order valence-electron chi connectivity index (χ3n) is 5.92. The Bertz CT molecular complexity index is 1270. The minimum absolute atomic E-state index is 0.00653. The molecule has 0 saturated carbocycles. The van der Waals surface area contributed by atoms with E-state index in [1.54, 1.807) is 36.4 Å². The molecule has 1 unspecified atom stereocenters. The molecule has 1 atom stereocenters. The topological polar surface area (TPSA) is 106 Å². The van der Waals surface area contributed by atoms with E-state index in [0.717, 1.165) is 24.2 Å². The maximum absolute atomic E-state index is 12.9. The van der Waals surface area contributed by atoms with Crippen LogP contribution in [0.2, 0.25) is 0 Å². The first-order valence-electron chi connectivity index (χ1n) is 10.8. The summed E-state index contributed by atoms with van der Waals surface area (Å²) in [5.74, 6) is -1.43. The smallest absolute Gasteiger partial charge is 0.225 e. The number of carbonyl (C=O) groups excluding carboxylic acids is 2. The van der Waals surface area contributed by atoms with Crippen LogP contribution in [0.5, 0.6) is 0 Å². The van der Waals surface area contributed by atoms with Crippen LogP contribution in [0.15, 0.2) is 77.7 Å². The van der Waals surface area contributed by atoms with Gasteiger partial charge in [-0.3, -0.25) is 9.59 Å². The van der Waals surface area contributed by atoms with Gasteiger partial charge < -0.3 is 11.1 Å². The zero-order valence-corrected chi connectivity index (χ0v) is 19.0. The second-order valence-electron chi connectivity index (χ2n) is 8.39. The second kappa shape index (κ2) is 9.68. The zero-order valence-electron chi connectivity index (χ0n) is 18.2. The van der Waals surface area contributed by atoms with Crippen molar-refractivity contribution in [2.24, 2.45) is 5.73 Å². The van der Waals surface area contributed by atoms with Gasteiger partial charge in [0.25, 0.3) is 0 Å². The Morgan fingerprint density at radius 3 is 2.24 bits per heavy atom. The molecule has 3 aromatic carbocycles. The highest BCUT2D eigenvalue weighted by Gasteiger charge is 2.22. The Kier molecular flexibility index (Phi) is 6.72. The van der Waals surface area contributed by atoms with Crippen LogP contribution in [0.1, 0.15) is 40.2 Å². The fourth-order valence-corrected chi connectivity index (χ4v) is 5.49. The first-order chi connectivity index (χ1) is 15.8. The Labute approximate surface area is 193 Å². The van der Waals surface area contributed by atoms with Crippen molar-refractivity contribution in [3.63, 3.8) is 0 Å². The summed E-state index contributed by atoms with van der Waals surface area (Å²) >= 11 is 0. The highest BCUT2D eigenvalue weighted by molar-refractivity contribution is 7.90. The molecule has 1 heterocycles. The number of carbonyl (C=O) groups is 2. The summed E-state index contributed by atoms with van der Waals surface area (Å²) in [7, 11) is -3.51. The molecule has 1 aliphatic rings. The van der Waals surface area contributed by atoms with E-state index in [0.29, 0.717) is 11.1 Å². The van der Waals surface area contributed by atoms with E-state index in [1.807, 2.05) is 24.3 Å². The van der Waals surface area contributed by atoms with Crippen molar-refractivity contribution in [1.82, 2.24) is 5.32 Å². The first kappa shape index (κ1) is 22.9. The maximum Gasteiger partial charge on any atom is 0.225 e. The van der Waals surface area contributed by atoms with Crippen molar-refractivity contribution in [2.45, 2.75) is 42.5 Å². The molecule has 4 rings (SSSR count). The quantitative estimate of drug-likeness (QED) is 0.508. The molecule has 1 amide bonds. The molecule has 0 radical (unpaired) electrons. The van der Waals surface area contributed by atoms with E-state index < -0.39 is 21.7 Å². The van der Waals surface area contributed by atoms with Gasteiger partial charge in [-0.05, 0) is 39.9 Å². The van der Waals surface area contributed by atoms with E-state index in [-0.39, 0.29) is 29.3 Å². The van der Waals surface area contributed by atoms with Gasteiger partial charge in [0.1, 0.15) is 5.78 Å². The lowest BCUT2D eigenvalue weighted by Crippen LogP contribution is -2.24. The van der Waals surface area contributed by atoms with Crippen molar-refractivity contribution in [3.05, 3.63) is 101 Å². The van der Waals surface area contributed by atoms with Gasteiger partial charge in [-0.15, -0.1) is 0 Å². The SMILES string of the molecule is NC(=O)C(CC(=O)Cc1ccc(S(=O)(=O)Cc2ccc3c(c2)CNC3)cc1)c1ccccc1. The standard InChI is InChI=1S/C26H26N2O4S/c27-26(30)25(20-4-2-1-3-5-20)14-23(29)13-18-7-10-24(11-8-18)33(31,32)17-19-6-9-21-15-28-16-22(21)12-19/h1-12,25,28H,13-17H2,(H2,27,30). The van der Waals surface area contributed by atoms with Crippen molar-refractivity contribution in [2.75, 3.05) is 0 Å². The first-order valence-corrected chi connectivity index (χ1v) is 12.5. The molecule has 1 aliphatic heterocycles. The lowest BCUT2D eigenvalue weighted by Gasteiger charge is -2.13. The minimum Gasteiger partial charge on any atom is -0.369 e. The van der Waals surface area contributed by atoms with Crippen molar-refractivity contribution in [3.8, 4) is 0 Å². The highest BCUT2D eigenvalue weighted by atomic mass is 32.2. The fourth-order valence-electron chi connectivity index (χ4n) is 4.15. The molecule has 6 nitrogen and oxygen atoms in total. The number of fused-ring (bicyclic) bond motifs is 1. The van der Waals surface area contributed by atoms with Crippen molar-refractivity contribution < 1.29 is 18.0 Å². The van der Waals surface area contributed by atoms with Crippen LogP contribution in [0, 0.1) is 0 Å². The Morgan fingerprint density at radius 1 is 0.879 bits per heavy atom. The number of hydrogen-bond acceptors (Lipinski definition) is 5. The molecule has 0 fully saturated rings.